The topological polar surface area (TPSA) is 48.1 Å². The summed E-state index contributed by atoms with van der Waals surface area (Å²) in [6.45, 7) is -0.296. The maximum atomic E-state index is 12.4. The smallest absolute Gasteiger partial charge is 0.404 e. The quantitative estimate of drug-likeness (QED) is 0.870. The largest absolute Gasteiger partial charge is 0.573 e. The third-order valence-corrected chi connectivity index (χ3v) is 2.50. The Labute approximate surface area is 101 Å². The molecule has 0 saturated heterocycles. The van der Waals surface area contributed by atoms with E-state index >= 15 is 0 Å². The van der Waals surface area contributed by atoms with Gasteiger partial charge in [0.25, 0.3) is 6.43 Å². The van der Waals surface area contributed by atoms with Gasteiger partial charge < -0.3 is 10.5 Å². The van der Waals surface area contributed by atoms with E-state index in [-0.39, 0.29) is 16.7 Å². The molecule has 2 N–H and O–H groups in total. The van der Waals surface area contributed by atoms with E-state index in [0.717, 1.165) is 0 Å². The lowest BCUT2D eigenvalue weighted by atomic mass is 10.3. The zero-order valence-electron chi connectivity index (χ0n) is 8.06. The molecule has 0 atom stereocenters. The highest BCUT2D eigenvalue weighted by atomic mass is 79.9. The molecule has 1 rings (SSSR count). The maximum absolute atomic E-state index is 12.4. The molecule has 0 unspecified atom stereocenters. The molecule has 0 amide bonds. The second kappa shape index (κ2) is 5.13. The first-order valence-corrected chi connectivity index (χ1v) is 4.97. The van der Waals surface area contributed by atoms with Crippen LogP contribution in [0.5, 0.6) is 5.75 Å². The fraction of sp³-hybridized carbons (Fsp3) is 0.375. The third-order valence-electron chi connectivity index (χ3n) is 1.66. The third kappa shape index (κ3) is 3.77. The van der Waals surface area contributed by atoms with Crippen LogP contribution < -0.4 is 10.5 Å². The molecule has 0 aliphatic heterocycles. The Morgan fingerprint density at radius 2 is 2.00 bits per heavy atom. The first-order chi connectivity index (χ1) is 7.74. The SMILES string of the molecule is NCc1nc(C(F)F)cc(OC(F)(F)F)c1Br. The molecular formula is C8H6BrF5N2O. The molecule has 1 heterocycles. The van der Waals surface area contributed by atoms with Gasteiger partial charge in [-0.25, -0.2) is 13.8 Å². The molecular weight excluding hydrogens is 315 g/mol. The Morgan fingerprint density at radius 3 is 2.41 bits per heavy atom. The molecule has 17 heavy (non-hydrogen) atoms. The lowest BCUT2D eigenvalue weighted by molar-refractivity contribution is -0.275. The highest BCUT2D eigenvalue weighted by Gasteiger charge is 2.33. The van der Waals surface area contributed by atoms with Gasteiger partial charge in [0.1, 0.15) is 11.4 Å². The number of hydrogen-bond acceptors (Lipinski definition) is 3. The minimum Gasteiger partial charge on any atom is -0.404 e. The summed E-state index contributed by atoms with van der Waals surface area (Å²) in [5, 5.41) is 0. The van der Waals surface area contributed by atoms with Crippen LogP contribution in [0.4, 0.5) is 22.0 Å². The van der Waals surface area contributed by atoms with E-state index < -0.39 is 24.2 Å². The van der Waals surface area contributed by atoms with Crippen molar-refractivity contribution >= 4 is 15.9 Å². The van der Waals surface area contributed by atoms with Crippen LogP contribution in [0.25, 0.3) is 0 Å². The monoisotopic (exact) mass is 320 g/mol. The molecule has 1 aromatic rings. The molecule has 0 aliphatic rings. The molecule has 96 valence electrons. The Balaban J connectivity index is 3.23. The van der Waals surface area contributed by atoms with Gasteiger partial charge in [0.2, 0.25) is 0 Å². The summed E-state index contributed by atoms with van der Waals surface area (Å²) in [7, 11) is 0. The van der Waals surface area contributed by atoms with Crippen LogP contribution in [0.3, 0.4) is 0 Å². The maximum Gasteiger partial charge on any atom is 0.573 e. The molecule has 0 spiro atoms. The van der Waals surface area contributed by atoms with Crippen molar-refractivity contribution in [2.75, 3.05) is 0 Å². The standard InChI is InChI=1S/C8H6BrF5N2O/c9-6-4(2-15)16-3(7(10)11)1-5(6)17-8(12,13)14/h1,7H,2,15H2. The van der Waals surface area contributed by atoms with Crippen molar-refractivity contribution in [3.8, 4) is 5.75 Å². The predicted octanol–water partition coefficient (Wildman–Crippen LogP) is 3.14. The van der Waals surface area contributed by atoms with Crippen LogP contribution in [0, 0.1) is 0 Å². The van der Waals surface area contributed by atoms with Crippen LogP contribution in [-0.4, -0.2) is 11.3 Å². The minimum atomic E-state index is -4.98. The lowest BCUT2D eigenvalue weighted by Crippen LogP contribution is -2.18. The Kier molecular flexibility index (Phi) is 4.26. The van der Waals surface area contributed by atoms with E-state index in [9.17, 15) is 22.0 Å². The predicted molar refractivity (Wildman–Crippen MR) is 51.5 cm³/mol. The number of halogens is 6. The zero-order valence-corrected chi connectivity index (χ0v) is 9.65. The summed E-state index contributed by atoms with van der Waals surface area (Å²) in [5.41, 5.74) is 4.22. The van der Waals surface area contributed by atoms with Crippen molar-refractivity contribution in [1.82, 2.24) is 4.98 Å². The van der Waals surface area contributed by atoms with Crippen molar-refractivity contribution < 1.29 is 26.7 Å². The summed E-state index contributed by atoms with van der Waals surface area (Å²) in [6.07, 6.45) is -7.99. The van der Waals surface area contributed by atoms with Crippen molar-refractivity contribution in [1.29, 1.82) is 0 Å². The second-order valence-corrected chi connectivity index (χ2v) is 3.65. The number of ether oxygens (including phenoxy) is 1. The second-order valence-electron chi connectivity index (χ2n) is 2.86. The average molecular weight is 321 g/mol. The molecule has 0 radical (unpaired) electrons. The average Bonchev–Trinajstić information content (AvgIpc) is 2.18. The number of nitrogens with zero attached hydrogens (tertiary/aromatic N) is 1. The van der Waals surface area contributed by atoms with Crippen molar-refractivity contribution in [2.24, 2.45) is 5.73 Å². The van der Waals surface area contributed by atoms with E-state index in [1.807, 2.05) is 0 Å². The molecule has 0 saturated carbocycles. The molecule has 3 nitrogen and oxygen atoms in total. The van der Waals surface area contributed by atoms with Crippen molar-refractivity contribution in [3.63, 3.8) is 0 Å². The fourth-order valence-corrected chi connectivity index (χ4v) is 1.47. The zero-order chi connectivity index (χ0) is 13.2. The van der Waals surface area contributed by atoms with Gasteiger partial charge in [-0.2, -0.15) is 0 Å². The lowest BCUT2D eigenvalue weighted by Gasteiger charge is -2.13. The highest BCUT2D eigenvalue weighted by Crippen LogP contribution is 2.34. The van der Waals surface area contributed by atoms with Crippen LogP contribution in [-0.2, 0) is 6.54 Å². The summed E-state index contributed by atoms with van der Waals surface area (Å²) < 4.78 is 64.2. The van der Waals surface area contributed by atoms with E-state index in [4.69, 9.17) is 5.73 Å². The van der Waals surface area contributed by atoms with E-state index in [1.165, 1.54) is 0 Å². The van der Waals surface area contributed by atoms with Gasteiger partial charge >= 0.3 is 6.36 Å². The molecule has 0 bridgehead atoms. The van der Waals surface area contributed by atoms with Crippen molar-refractivity contribution in [2.45, 2.75) is 19.3 Å². The van der Waals surface area contributed by atoms with Crippen LogP contribution in [0.2, 0.25) is 0 Å². The molecule has 0 fully saturated rings. The van der Waals surface area contributed by atoms with Gasteiger partial charge in [0, 0.05) is 12.6 Å². The van der Waals surface area contributed by atoms with E-state index in [1.54, 1.807) is 0 Å². The minimum absolute atomic E-state index is 0.137. The van der Waals surface area contributed by atoms with Gasteiger partial charge in [0.15, 0.2) is 0 Å². The Hall–Kier alpha value is -0.960. The van der Waals surface area contributed by atoms with Gasteiger partial charge in [-0.3, -0.25) is 0 Å². The first-order valence-electron chi connectivity index (χ1n) is 4.18. The summed E-state index contributed by atoms with van der Waals surface area (Å²) in [6, 6.07) is 0.515. The number of hydrogen-bond donors (Lipinski definition) is 1. The van der Waals surface area contributed by atoms with Gasteiger partial charge in [-0.1, -0.05) is 0 Å². The number of alkyl halides is 5. The van der Waals surface area contributed by atoms with Gasteiger partial charge in [0.05, 0.1) is 10.2 Å². The summed E-state index contributed by atoms with van der Waals surface area (Å²) in [5.74, 6) is -0.789. The normalized spacial score (nSPS) is 12.0. The first kappa shape index (κ1) is 14.1. The van der Waals surface area contributed by atoms with Crippen LogP contribution in [0.15, 0.2) is 10.5 Å². The molecule has 0 aromatic carbocycles. The number of aromatic nitrogens is 1. The summed E-state index contributed by atoms with van der Waals surface area (Å²) in [4.78, 5) is 3.41. The molecule has 0 aliphatic carbocycles. The number of rotatable bonds is 3. The molecule has 1 aromatic heterocycles. The van der Waals surface area contributed by atoms with E-state index in [2.05, 4.69) is 25.7 Å². The Morgan fingerprint density at radius 1 is 1.41 bits per heavy atom. The van der Waals surface area contributed by atoms with Crippen LogP contribution in [0.1, 0.15) is 17.8 Å². The highest BCUT2D eigenvalue weighted by molar-refractivity contribution is 9.10. The fourth-order valence-electron chi connectivity index (χ4n) is 1.02. The molecule has 9 heteroatoms. The van der Waals surface area contributed by atoms with Crippen molar-refractivity contribution in [3.05, 3.63) is 21.9 Å². The van der Waals surface area contributed by atoms with Gasteiger partial charge in [-0.15, -0.1) is 13.2 Å². The van der Waals surface area contributed by atoms with E-state index in [0.29, 0.717) is 6.07 Å². The summed E-state index contributed by atoms with van der Waals surface area (Å²) >= 11 is 2.76. The number of pyridine rings is 1. The number of nitrogens with two attached hydrogens (primary N) is 1. The van der Waals surface area contributed by atoms with Gasteiger partial charge in [-0.05, 0) is 15.9 Å². The Bertz CT molecular complexity index is 410. The van der Waals surface area contributed by atoms with Crippen LogP contribution >= 0.6 is 15.9 Å².